The zero-order chi connectivity index (χ0) is 16.8. The van der Waals surface area contributed by atoms with Gasteiger partial charge in [0.1, 0.15) is 12.1 Å². The Hall–Kier alpha value is -2.02. The number of nitrogens with one attached hydrogen (secondary N) is 1. The largest absolute Gasteiger partial charge is 0.497 e. The van der Waals surface area contributed by atoms with Gasteiger partial charge in [-0.3, -0.25) is 9.36 Å². The van der Waals surface area contributed by atoms with Gasteiger partial charge in [0.05, 0.1) is 12.9 Å². The van der Waals surface area contributed by atoms with Crippen molar-refractivity contribution in [3.63, 3.8) is 0 Å². The van der Waals surface area contributed by atoms with E-state index in [0.717, 1.165) is 11.4 Å². The Balaban J connectivity index is 1.99. The van der Waals surface area contributed by atoms with Gasteiger partial charge in [0.25, 0.3) is 0 Å². The highest BCUT2D eigenvalue weighted by molar-refractivity contribution is 7.99. The van der Waals surface area contributed by atoms with Crippen molar-refractivity contribution in [1.29, 1.82) is 0 Å². The Morgan fingerprint density at radius 1 is 1.30 bits per heavy atom. The highest BCUT2D eigenvalue weighted by Gasteiger charge is 2.13. The molecule has 1 amide bonds. The summed E-state index contributed by atoms with van der Waals surface area (Å²) in [4.78, 5) is 12.0. The summed E-state index contributed by atoms with van der Waals surface area (Å²) in [6.45, 7) is 6.17. The first kappa shape index (κ1) is 17.3. The van der Waals surface area contributed by atoms with Gasteiger partial charge in [0.2, 0.25) is 5.91 Å². The molecule has 6 nitrogen and oxygen atoms in total. The number of rotatable bonds is 7. The van der Waals surface area contributed by atoms with Gasteiger partial charge < -0.3 is 10.1 Å². The van der Waals surface area contributed by atoms with Crippen LogP contribution in [0.2, 0.25) is 0 Å². The standard InChI is InChI=1S/C16H22N4O2S/c1-11(2)12(3)18-15(21)9-23-16-19-17-10-20(16)13-5-7-14(22-4)8-6-13/h5-8,10-12H,9H2,1-4H3,(H,18,21). The lowest BCUT2D eigenvalue weighted by atomic mass is 10.1. The van der Waals surface area contributed by atoms with Crippen LogP contribution in [0.4, 0.5) is 0 Å². The number of methoxy groups -OCH3 is 1. The molecule has 1 aromatic carbocycles. The fourth-order valence-electron chi connectivity index (χ4n) is 1.84. The molecule has 0 radical (unpaired) electrons. The molecule has 0 saturated heterocycles. The van der Waals surface area contributed by atoms with Gasteiger partial charge in [-0.2, -0.15) is 0 Å². The summed E-state index contributed by atoms with van der Waals surface area (Å²) in [7, 11) is 1.63. The molecule has 2 rings (SSSR count). The summed E-state index contributed by atoms with van der Waals surface area (Å²) >= 11 is 1.37. The van der Waals surface area contributed by atoms with Gasteiger partial charge in [0, 0.05) is 11.7 Å². The van der Waals surface area contributed by atoms with E-state index in [9.17, 15) is 4.79 Å². The van der Waals surface area contributed by atoms with E-state index in [4.69, 9.17) is 4.74 Å². The third-order valence-corrected chi connectivity index (χ3v) is 4.53. The molecule has 0 aliphatic heterocycles. The minimum Gasteiger partial charge on any atom is -0.497 e. The number of aromatic nitrogens is 3. The van der Waals surface area contributed by atoms with Gasteiger partial charge in [-0.1, -0.05) is 25.6 Å². The number of hydrogen-bond donors (Lipinski definition) is 1. The average Bonchev–Trinajstić information content (AvgIpc) is 3.01. The van der Waals surface area contributed by atoms with E-state index in [1.807, 2.05) is 35.8 Å². The van der Waals surface area contributed by atoms with E-state index in [1.165, 1.54) is 11.8 Å². The average molecular weight is 334 g/mol. The second-order valence-electron chi connectivity index (χ2n) is 5.57. The zero-order valence-electron chi connectivity index (χ0n) is 13.8. The van der Waals surface area contributed by atoms with Crippen molar-refractivity contribution in [3.05, 3.63) is 30.6 Å². The van der Waals surface area contributed by atoms with Gasteiger partial charge >= 0.3 is 0 Å². The highest BCUT2D eigenvalue weighted by Crippen LogP contribution is 2.21. The lowest BCUT2D eigenvalue weighted by molar-refractivity contribution is -0.119. The van der Waals surface area contributed by atoms with Crippen molar-refractivity contribution in [2.75, 3.05) is 12.9 Å². The number of amides is 1. The molecule has 1 unspecified atom stereocenters. The molecule has 0 bridgehead atoms. The van der Waals surface area contributed by atoms with Crippen LogP contribution < -0.4 is 10.1 Å². The first-order valence-electron chi connectivity index (χ1n) is 7.48. The summed E-state index contributed by atoms with van der Waals surface area (Å²) in [5.41, 5.74) is 0.925. The van der Waals surface area contributed by atoms with Crippen LogP contribution in [0, 0.1) is 5.92 Å². The minimum atomic E-state index is 0.000445. The van der Waals surface area contributed by atoms with Crippen molar-refractivity contribution < 1.29 is 9.53 Å². The number of carbonyl (C=O) groups is 1. The summed E-state index contributed by atoms with van der Waals surface area (Å²) in [6, 6.07) is 7.75. The molecule has 23 heavy (non-hydrogen) atoms. The molecule has 0 spiro atoms. The number of thioether (sulfide) groups is 1. The van der Waals surface area contributed by atoms with E-state index < -0.39 is 0 Å². The van der Waals surface area contributed by atoms with Crippen molar-refractivity contribution in [2.24, 2.45) is 5.92 Å². The molecule has 7 heteroatoms. The molecular formula is C16H22N4O2S. The zero-order valence-corrected chi connectivity index (χ0v) is 14.6. The monoisotopic (exact) mass is 334 g/mol. The summed E-state index contributed by atoms with van der Waals surface area (Å²) in [5.74, 6) is 1.51. The topological polar surface area (TPSA) is 69.0 Å². The van der Waals surface area contributed by atoms with E-state index in [1.54, 1.807) is 13.4 Å². The van der Waals surface area contributed by atoms with E-state index in [0.29, 0.717) is 16.8 Å². The smallest absolute Gasteiger partial charge is 0.230 e. The SMILES string of the molecule is COc1ccc(-n2cnnc2SCC(=O)NC(C)C(C)C)cc1. The van der Waals surface area contributed by atoms with Gasteiger partial charge in [-0.15, -0.1) is 10.2 Å². The Bertz CT molecular complexity index is 640. The maximum absolute atomic E-state index is 12.0. The molecule has 1 atom stereocenters. The van der Waals surface area contributed by atoms with Crippen LogP contribution in [-0.2, 0) is 4.79 Å². The quantitative estimate of drug-likeness (QED) is 0.788. The molecule has 2 aromatic rings. The molecule has 0 aliphatic rings. The molecule has 0 fully saturated rings. The maximum atomic E-state index is 12.0. The van der Waals surface area contributed by atoms with Crippen LogP contribution in [0.3, 0.4) is 0 Å². The Labute approximate surface area is 140 Å². The third-order valence-electron chi connectivity index (χ3n) is 3.59. The van der Waals surface area contributed by atoms with Crippen LogP contribution in [0.5, 0.6) is 5.75 Å². The molecular weight excluding hydrogens is 312 g/mol. The number of hydrogen-bond acceptors (Lipinski definition) is 5. The van der Waals surface area contributed by atoms with E-state index in [2.05, 4.69) is 29.4 Å². The van der Waals surface area contributed by atoms with Crippen molar-refractivity contribution in [3.8, 4) is 11.4 Å². The van der Waals surface area contributed by atoms with Crippen molar-refractivity contribution in [1.82, 2.24) is 20.1 Å². The molecule has 1 aromatic heterocycles. The number of carbonyl (C=O) groups excluding carboxylic acids is 1. The predicted molar refractivity (Wildman–Crippen MR) is 91.1 cm³/mol. The molecule has 124 valence electrons. The Morgan fingerprint density at radius 2 is 2.00 bits per heavy atom. The van der Waals surface area contributed by atoms with Crippen LogP contribution in [-0.4, -0.2) is 39.6 Å². The number of ether oxygens (including phenoxy) is 1. The first-order chi connectivity index (χ1) is 11.0. The number of nitrogens with zero attached hydrogens (tertiary/aromatic N) is 3. The normalized spacial score (nSPS) is 12.2. The summed E-state index contributed by atoms with van der Waals surface area (Å²) < 4.78 is 7.00. The molecule has 0 saturated carbocycles. The third kappa shape index (κ3) is 4.72. The fourth-order valence-corrected chi connectivity index (χ4v) is 2.58. The summed E-state index contributed by atoms with van der Waals surface area (Å²) in [6.07, 6.45) is 1.64. The molecule has 1 heterocycles. The molecule has 1 N–H and O–H groups in total. The van der Waals surface area contributed by atoms with Gasteiger partial charge in [0.15, 0.2) is 5.16 Å². The van der Waals surface area contributed by atoms with Gasteiger partial charge in [-0.05, 0) is 37.1 Å². The van der Waals surface area contributed by atoms with Crippen LogP contribution in [0.1, 0.15) is 20.8 Å². The lowest BCUT2D eigenvalue weighted by Crippen LogP contribution is -2.37. The Morgan fingerprint density at radius 3 is 2.61 bits per heavy atom. The molecule has 0 aliphatic carbocycles. The summed E-state index contributed by atoms with van der Waals surface area (Å²) in [5, 5.41) is 11.7. The first-order valence-corrected chi connectivity index (χ1v) is 8.46. The fraction of sp³-hybridized carbons (Fsp3) is 0.438. The second kappa shape index (κ2) is 8.01. The van der Waals surface area contributed by atoms with Crippen molar-refractivity contribution >= 4 is 17.7 Å². The van der Waals surface area contributed by atoms with Gasteiger partial charge in [-0.25, -0.2) is 0 Å². The number of benzene rings is 1. The Kier molecular flexibility index (Phi) is 6.04. The van der Waals surface area contributed by atoms with Crippen molar-refractivity contribution in [2.45, 2.75) is 32.0 Å². The van der Waals surface area contributed by atoms with E-state index in [-0.39, 0.29) is 11.9 Å². The lowest BCUT2D eigenvalue weighted by Gasteiger charge is -2.17. The van der Waals surface area contributed by atoms with Crippen LogP contribution in [0.15, 0.2) is 35.7 Å². The maximum Gasteiger partial charge on any atom is 0.230 e. The van der Waals surface area contributed by atoms with Crippen LogP contribution >= 0.6 is 11.8 Å². The van der Waals surface area contributed by atoms with E-state index >= 15 is 0 Å². The predicted octanol–water partition coefficient (Wildman–Crippen LogP) is 2.53. The highest BCUT2D eigenvalue weighted by atomic mass is 32.2. The second-order valence-corrected chi connectivity index (χ2v) is 6.51. The minimum absolute atomic E-state index is 0.000445. The van der Waals surface area contributed by atoms with Crippen LogP contribution in [0.25, 0.3) is 5.69 Å².